The number of aliphatic hydroxyl groups excluding tert-OH is 2. The molecule has 1 aromatic heterocycles. The van der Waals surface area contributed by atoms with Gasteiger partial charge in [-0.3, -0.25) is 9.36 Å². The number of hydrogen-bond donors (Lipinski definition) is 3. The van der Waals surface area contributed by atoms with Gasteiger partial charge in [0.2, 0.25) is 0 Å². The van der Waals surface area contributed by atoms with Crippen LogP contribution in [0, 0.1) is 5.82 Å². The SMILES string of the molecule is CCCCCOC(=O)C[C@H]1O[C@@H](n2cc(F)c(N)nc2=O)[C@H](O)[C@@H]1O. The molecule has 0 saturated carbocycles. The van der Waals surface area contributed by atoms with E-state index in [1.807, 2.05) is 6.92 Å². The summed E-state index contributed by atoms with van der Waals surface area (Å²) >= 11 is 0. The summed E-state index contributed by atoms with van der Waals surface area (Å²) in [6.45, 7) is 2.27. The standard InChI is InChI=1S/C15H22FN3O6/c1-2-3-4-5-24-10(20)6-9-11(21)12(22)14(25-9)19-7-8(16)13(17)18-15(19)23/h7,9,11-12,14,21-22H,2-6H2,1H3,(H2,17,18,23)/t9-,11-,12-,14-/m1/s1. The third-order valence-corrected chi connectivity index (χ3v) is 3.92. The normalized spacial score (nSPS) is 25.9. The molecule has 1 aliphatic heterocycles. The van der Waals surface area contributed by atoms with E-state index in [0.29, 0.717) is 4.57 Å². The van der Waals surface area contributed by atoms with Crippen molar-refractivity contribution in [3.05, 3.63) is 22.5 Å². The van der Waals surface area contributed by atoms with Crippen LogP contribution in [0.3, 0.4) is 0 Å². The molecule has 1 saturated heterocycles. The minimum atomic E-state index is -1.54. The van der Waals surface area contributed by atoms with Gasteiger partial charge in [0.25, 0.3) is 0 Å². The Balaban J connectivity index is 2.02. The minimum absolute atomic E-state index is 0.258. The maximum absolute atomic E-state index is 13.5. The third kappa shape index (κ3) is 4.53. The predicted octanol–water partition coefficient (Wildman–Crippen LogP) is -0.293. The highest BCUT2D eigenvalue weighted by atomic mass is 19.1. The van der Waals surface area contributed by atoms with Crippen molar-refractivity contribution in [2.45, 2.75) is 57.1 Å². The molecule has 0 amide bonds. The second kappa shape index (κ2) is 8.37. The number of nitrogens with zero attached hydrogens (tertiary/aromatic N) is 2. The molecule has 0 bridgehead atoms. The van der Waals surface area contributed by atoms with Gasteiger partial charge in [-0.25, -0.2) is 9.18 Å². The lowest BCUT2D eigenvalue weighted by Crippen LogP contribution is -2.36. The molecule has 1 aromatic rings. The topological polar surface area (TPSA) is 137 Å². The van der Waals surface area contributed by atoms with Gasteiger partial charge in [-0.15, -0.1) is 0 Å². The number of esters is 1. The average molecular weight is 359 g/mol. The molecule has 140 valence electrons. The lowest BCUT2D eigenvalue weighted by Gasteiger charge is -2.17. The zero-order valence-corrected chi connectivity index (χ0v) is 13.8. The van der Waals surface area contributed by atoms with Crippen LogP contribution in [0.1, 0.15) is 38.8 Å². The fourth-order valence-corrected chi connectivity index (χ4v) is 2.53. The maximum atomic E-state index is 13.5. The molecule has 4 N–H and O–H groups in total. The summed E-state index contributed by atoms with van der Waals surface area (Å²) < 4.78 is 24.6. The maximum Gasteiger partial charge on any atom is 0.351 e. The molecule has 0 aliphatic carbocycles. The molecule has 2 heterocycles. The van der Waals surface area contributed by atoms with Crippen LogP contribution in [0.25, 0.3) is 0 Å². The number of unbranched alkanes of at least 4 members (excludes halogenated alkanes) is 2. The summed E-state index contributed by atoms with van der Waals surface area (Å²) in [7, 11) is 0. The van der Waals surface area contributed by atoms with Gasteiger partial charge in [-0.2, -0.15) is 4.98 Å². The van der Waals surface area contributed by atoms with Crippen LogP contribution in [0.4, 0.5) is 10.2 Å². The number of aromatic nitrogens is 2. The number of halogens is 1. The van der Waals surface area contributed by atoms with Crippen molar-refractivity contribution >= 4 is 11.8 Å². The first-order valence-corrected chi connectivity index (χ1v) is 8.06. The number of rotatable bonds is 7. The number of carbonyl (C=O) groups is 1. The fraction of sp³-hybridized carbons (Fsp3) is 0.667. The van der Waals surface area contributed by atoms with E-state index in [9.17, 15) is 24.2 Å². The number of nitrogens with two attached hydrogens (primary N) is 1. The van der Waals surface area contributed by atoms with E-state index >= 15 is 0 Å². The van der Waals surface area contributed by atoms with Crippen LogP contribution in [-0.4, -0.2) is 50.7 Å². The van der Waals surface area contributed by atoms with Crippen LogP contribution >= 0.6 is 0 Å². The molecular formula is C15H22FN3O6. The molecule has 1 aliphatic rings. The van der Waals surface area contributed by atoms with Gasteiger partial charge in [0.15, 0.2) is 17.9 Å². The number of hydrogen-bond acceptors (Lipinski definition) is 8. The number of carbonyl (C=O) groups excluding carboxylic acids is 1. The molecule has 0 unspecified atom stereocenters. The van der Waals surface area contributed by atoms with E-state index < -0.39 is 47.8 Å². The molecule has 9 nitrogen and oxygen atoms in total. The lowest BCUT2D eigenvalue weighted by atomic mass is 10.1. The zero-order chi connectivity index (χ0) is 18.6. The van der Waals surface area contributed by atoms with E-state index in [1.54, 1.807) is 0 Å². The smallest absolute Gasteiger partial charge is 0.351 e. The van der Waals surface area contributed by atoms with Crippen molar-refractivity contribution < 1.29 is 28.9 Å². The van der Waals surface area contributed by atoms with Gasteiger partial charge in [0.1, 0.15) is 12.2 Å². The second-order valence-corrected chi connectivity index (χ2v) is 5.84. The van der Waals surface area contributed by atoms with Crippen LogP contribution in [0.2, 0.25) is 0 Å². The van der Waals surface area contributed by atoms with Gasteiger partial charge in [-0.1, -0.05) is 19.8 Å². The lowest BCUT2D eigenvalue weighted by molar-refractivity contribution is -0.148. The molecule has 2 rings (SSSR count). The summed E-state index contributed by atoms with van der Waals surface area (Å²) in [5.74, 6) is -2.15. The summed E-state index contributed by atoms with van der Waals surface area (Å²) in [5.41, 5.74) is 4.25. The Morgan fingerprint density at radius 2 is 2.16 bits per heavy atom. The van der Waals surface area contributed by atoms with Gasteiger partial charge in [0, 0.05) is 0 Å². The van der Waals surface area contributed by atoms with Crippen molar-refractivity contribution in [3.63, 3.8) is 0 Å². The third-order valence-electron chi connectivity index (χ3n) is 3.92. The number of ether oxygens (including phenoxy) is 2. The Morgan fingerprint density at radius 3 is 2.84 bits per heavy atom. The monoisotopic (exact) mass is 359 g/mol. The van der Waals surface area contributed by atoms with Gasteiger partial charge in [0.05, 0.1) is 25.3 Å². The molecule has 0 spiro atoms. The zero-order valence-electron chi connectivity index (χ0n) is 13.8. The highest BCUT2D eigenvalue weighted by Gasteiger charge is 2.45. The van der Waals surface area contributed by atoms with Gasteiger partial charge >= 0.3 is 11.7 Å². The first kappa shape index (κ1) is 19.3. The molecular weight excluding hydrogens is 337 g/mol. The number of aliphatic hydroxyl groups is 2. The Morgan fingerprint density at radius 1 is 1.44 bits per heavy atom. The minimum Gasteiger partial charge on any atom is -0.466 e. The van der Waals surface area contributed by atoms with Crippen molar-refractivity contribution in [2.75, 3.05) is 12.3 Å². The van der Waals surface area contributed by atoms with E-state index in [1.165, 1.54) is 0 Å². The molecule has 0 radical (unpaired) electrons. The Bertz CT molecular complexity index is 667. The van der Waals surface area contributed by atoms with Gasteiger partial charge < -0.3 is 25.4 Å². The van der Waals surface area contributed by atoms with Crippen molar-refractivity contribution in [2.24, 2.45) is 0 Å². The molecule has 1 fully saturated rings. The molecule has 10 heteroatoms. The number of nitrogen functional groups attached to an aromatic ring is 1. The van der Waals surface area contributed by atoms with Crippen molar-refractivity contribution in [3.8, 4) is 0 Å². The largest absolute Gasteiger partial charge is 0.466 e. The number of anilines is 1. The Kier molecular flexibility index (Phi) is 6.45. The first-order chi connectivity index (χ1) is 11.8. The highest BCUT2D eigenvalue weighted by molar-refractivity contribution is 5.70. The Hall–Kier alpha value is -2.04. The van der Waals surface area contributed by atoms with E-state index in [0.717, 1.165) is 25.5 Å². The van der Waals surface area contributed by atoms with E-state index in [4.69, 9.17) is 15.2 Å². The predicted molar refractivity (Wildman–Crippen MR) is 83.9 cm³/mol. The molecule has 4 atom stereocenters. The van der Waals surface area contributed by atoms with Crippen molar-refractivity contribution in [1.82, 2.24) is 9.55 Å². The van der Waals surface area contributed by atoms with Crippen LogP contribution in [-0.2, 0) is 14.3 Å². The van der Waals surface area contributed by atoms with Crippen LogP contribution in [0.15, 0.2) is 11.0 Å². The quantitative estimate of drug-likeness (QED) is 0.446. The highest BCUT2D eigenvalue weighted by Crippen LogP contribution is 2.30. The summed E-state index contributed by atoms with van der Waals surface area (Å²) in [5, 5.41) is 20.1. The second-order valence-electron chi connectivity index (χ2n) is 5.84. The van der Waals surface area contributed by atoms with E-state index in [2.05, 4.69) is 4.98 Å². The van der Waals surface area contributed by atoms with Crippen molar-refractivity contribution in [1.29, 1.82) is 0 Å². The fourth-order valence-electron chi connectivity index (χ4n) is 2.53. The van der Waals surface area contributed by atoms with Crippen LogP contribution < -0.4 is 11.4 Å². The van der Waals surface area contributed by atoms with Gasteiger partial charge in [-0.05, 0) is 6.42 Å². The first-order valence-electron chi connectivity index (χ1n) is 8.06. The Labute approximate surface area is 143 Å². The van der Waals surface area contributed by atoms with E-state index in [-0.39, 0.29) is 13.0 Å². The average Bonchev–Trinajstić information content (AvgIpc) is 2.83. The molecule has 25 heavy (non-hydrogen) atoms. The summed E-state index contributed by atoms with van der Waals surface area (Å²) in [4.78, 5) is 26.8. The summed E-state index contributed by atoms with van der Waals surface area (Å²) in [6, 6.07) is 0. The molecule has 0 aromatic carbocycles. The summed E-state index contributed by atoms with van der Waals surface area (Å²) in [6.07, 6.45) is -2.40. The van der Waals surface area contributed by atoms with Crippen LogP contribution in [0.5, 0.6) is 0 Å².